The largest absolute Gasteiger partial charge is 0.480 e. The molecule has 0 radical (unpaired) electrons. The Balaban J connectivity index is 1.73. The van der Waals surface area contributed by atoms with Gasteiger partial charge in [-0.05, 0) is 57.1 Å². The summed E-state index contributed by atoms with van der Waals surface area (Å²) in [6.45, 7) is 6.18. The van der Waals surface area contributed by atoms with Crippen molar-refractivity contribution < 1.29 is 14.4 Å². The van der Waals surface area contributed by atoms with Gasteiger partial charge in [-0.2, -0.15) is 4.98 Å². The summed E-state index contributed by atoms with van der Waals surface area (Å²) in [5, 5.41) is 16.0. The molecule has 1 unspecified atom stereocenters. The third-order valence-corrected chi connectivity index (χ3v) is 4.97. The summed E-state index contributed by atoms with van der Waals surface area (Å²) in [5.74, 6) is 0.102. The summed E-state index contributed by atoms with van der Waals surface area (Å²) < 4.78 is 5.44. The average Bonchev–Trinajstić information content (AvgIpc) is 3.24. The monoisotopic (exact) mass is 394 g/mol. The molecule has 0 spiro atoms. The number of carbonyl (C=O) groups is 1. The Kier molecular flexibility index (Phi) is 6.61. The van der Waals surface area contributed by atoms with E-state index >= 15 is 0 Å². The van der Waals surface area contributed by atoms with Crippen LogP contribution >= 0.6 is 0 Å². The molecule has 1 heterocycles. The van der Waals surface area contributed by atoms with Crippen molar-refractivity contribution in [1.82, 2.24) is 15.5 Å². The maximum atomic E-state index is 11.2. The van der Waals surface area contributed by atoms with E-state index in [0.717, 1.165) is 35.5 Å². The van der Waals surface area contributed by atoms with E-state index in [9.17, 15) is 4.79 Å². The van der Waals surface area contributed by atoms with Gasteiger partial charge in [0, 0.05) is 29.9 Å². The zero-order valence-corrected chi connectivity index (χ0v) is 16.9. The molecule has 0 bridgehead atoms. The van der Waals surface area contributed by atoms with Crippen LogP contribution in [0.15, 0.2) is 53.1 Å². The Morgan fingerprint density at radius 2 is 1.69 bits per heavy atom. The van der Waals surface area contributed by atoms with Gasteiger partial charge in [-0.1, -0.05) is 29.4 Å². The number of hydrogen-bond donors (Lipinski definition) is 2. The quantitative estimate of drug-likeness (QED) is 0.574. The fourth-order valence-corrected chi connectivity index (χ4v) is 3.20. The number of nitrogens with one attached hydrogen (secondary N) is 1. The topological polar surface area (TPSA) is 91.5 Å². The van der Waals surface area contributed by atoms with Gasteiger partial charge in [0.05, 0.1) is 0 Å². The Bertz CT molecular complexity index is 931. The molecule has 0 aliphatic heterocycles. The number of carboxylic acids is 1. The minimum Gasteiger partial charge on any atom is -0.480 e. The maximum absolute atomic E-state index is 11.2. The number of aliphatic carboxylic acids is 1. The van der Waals surface area contributed by atoms with Gasteiger partial charge in [0.25, 0.3) is 5.89 Å². The molecular formula is C22H26N4O3. The summed E-state index contributed by atoms with van der Waals surface area (Å²) in [7, 11) is 1.64. The van der Waals surface area contributed by atoms with Crippen LogP contribution in [-0.4, -0.2) is 47.4 Å². The predicted molar refractivity (Wildman–Crippen MR) is 113 cm³/mol. The van der Waals surface area contributed by atoms with Crippen molar-refractivity contribution in [2.45, 2.75) is 26.3 Å². The van der Waals surface area contributed by atoms with Gasteiger partial charge in [0.15, 0.2) is 0 Å². The summed E-state index contributed by atoms with van der Waals surface area (Å²) in [6, 6.07) is 15.0. The lowest BCUT2D eigenvalue weighted by molar-refractivity contribution is -0.139. The molecule has 0 saturated heterocycles. The first-order valence-corrected chi connectivity index (χ1v) is 9.74. The molecular weight excluding hydrogens is 368 g/mol. The van der Waals surface area contributed by atoms with Crippen molar-refractivity contribution in [3.05, 3.63) is 54.1 Å². The highest BCUT2D eigenvalue weighted by Gasteiger charge is 2.16. The summed E-state index contributed by atoms with van der Waals surface area (Å²) >= 11 is 0. The lowest BCUT2D eigenvalue weighted by Crippen LogP contribution is -2.35. The zero-order valence-electron chi connectivity index (χ0n) is 16.9. The zero-order chi connectivity index (χ0) is 20.8. The lowest BCUT2D eigenvalue weighted by Gasteiger charge is -2.20. The third kappa shape index (κ3) is 4.81. The van der Waals surface area contributed by atoms with E-state index in [1.165, 1.54) is 0 Å². The summed E-state index contributed by atoms with van der Waals surface area (Å²) in [6.07, 6.45) is 0.405. The first-order valence-electron chi connectivity index (χ1n) is 9.74. The van der Waals surface area contributed by atoms with Crippen molar-refractivity contribution in [2.75, 3.05) is 25.0 Å². The van der Waals surface area contributed by atoms with Crippen LogP contribution in [0.1, 0.15) is 19.4 Å². The van der Waals surface area contributed by atoms with Gasteiger partial charge in [-0.3, -0.25) is 4.79 Å². The Hall–Kier alpha value is -3.19. The van der Waals surface area contributed by atoms with E-state index in [0.29, 0.717) is 18.1 Å². The van der Waals surface area contributed by atoms with Crippen LogP contribution in [0.2, 0.25) is 0 Å². The second-order valence-electron chi connectivity index (χ2n) is 6.72. The fraction of sp³-hybridized carbons (Fsp3) is 0.318. The number of aromatic nitrogens is 2. The molecule has 0 amide bonds. The van der Waals surface area contributed by atoms with Crippen LogP contribution in [0.25, 0.3) is 22.8 Å². The lowest BCUT2D eigenvalue weighted by atomic mass is 10.0. The molecule has 1 atom stereocenters. The van der Waals surface area contributed by atoms with Gasteiger partial charge in [0.1, 0.15) is 6.04 Å². The van der Waals surface area contributed by atoms with Crippen LogP contribution in [0.3, 0.4) is 0 Å². The van der Waals surface area contributed by atoms with Crippen LogP contribution in [0, 0.1) is 0 Å². The molecule has 152 valence electrons. The molecule has 3 aromatic rings. The molecule has 0 aliphatic carbocycles. The van der Waals surface area contributed by atoms with Crippen molar-refractivity contribution in [1.29, 1.82) is 0 Å². The molecule has 7 nitrogen and oxygen atoms in total. The number of hydrogen-bond acceptors (Lipinski definition) is 6. The van der Waals surface area contributed by atoms with Crippen molar-refractivity contribution in [3.8, 4) is 22.8 Å². The van der Waals surface area contributed by atoms with Gasteiger partial charge < -0.3 is 19.8 Å². The highest BCUT2D eigenvalue weighted by molar-refractivity contribution is 5.74. The van der Waals surface area contributed by atoms with Crippen LogP contribution in [0.5, 0.6) is 0 Å². The summed E-state index contributed by atoms with van der Waals surface area (Å²) in [5.41, 5.74) is 3.77. The van der Waals surface area contributed by atoms with Crippen LogP contribution in [-0.2, 0) is 11.2 Å². The molecule has 29 heavy (non-hydrogen) atoms. The van der Waals surface area contributed by atoms with Crippen LogP contribution < -0.4 is 10.2 Å². The van der Waals surface area contributed by atoms with Gasteiger partial charge in [0.2, 0.25) is 5.82 Å². The smallest absolute Gasteiger partial charge is 0.321 e. The van der Waals surface area contributed by atoms with E-state index in [-0.39, 0.29) is 0 Å². The van der Waals surface area contributed by atoms with Crippen molar-refractivity contribution >= 4 is 11.7 Å². The fourth-order valence-electron chi connectivity index (χ4n) is 3.20. The van der Waals surface area contributed by atoms with E-state index in [1.807, 2.05) is 36.4 Å². The number of rotatable bonds is 9. The second kappa shape index (κ2) is 9.34. The molecule has 2 N–H and O–H groups in total. The summed E-state index contributed by atoms with van der Waals surface area (Å²) in [4.78, 5) is 17.9. The number of benzene rings is 2. The van der Waals surface area contributed by atoms with E-state index in [1.54, 1.807) is 7.05 Å². The van der Waals surface area contributed by atoms with Crippen molar-refractivity contribution in [3.63, 3.8) is 0 Å². The number of likely N-dealkylation sites (N-methyl/N-ethyl adjacent to an activating group) is 1. The van der Waals surface area contributed by atoms with E-state index in [2.05, 4.69) is 46.3 Å². The second-order valence-corrected chi connectivity index (χ2v) is 6.72. The first-order chi connectivity index (χ1) is 14.0. The minimum absolute atomic E-state index is 0.405. The van der Waals surface area contributed by atoms with Gasteiger partial charge in [-0.15, -0.1) is 0 Å². The highest BCUT2D eigenvalue weighted by atomic mass is 16.5. The standard InChI is InChI=1S/C22H26N4O3/c1-4-26(5-2)18-12-10-17(11-13-18)21-24-20(25-29-21)16-8-6-15(7-9-16)14-19(23-3)22(27)28/h6-13,19,23H,4-5,14H2,1-3H3,(H,27,28). The molecule has 0 fully saturated rings. The molecule has 3 rings (SSSR count). The number of nitrogens with zero attached hydrogens (tertiary/aromatic N) is 3. The number of carboxylic acid groups (broad SMARTS) is 1. The number of anilines is 1. The molecule has 0 saturated carbocycles. The predicted octanol–water partition coefficient (Wildman–Crippen LogP) is 3.46. The molecule has 1 aromatic heterocycles. The van der Waals surface area contributed by atoms with Crippen LogP contribution in [0.4, 0.5) is 5.69 Å². The SMILES string of the molecule is CCN(CC)c1ccc(-c2nc(-c3ccc(CC(NC)C(=O)O)cc3)no2)cc1. The average molecular weight is 394 g/mol. The molecule has 2 aromatic carbocycles. The van der Waals surface area contributed by atoms with Crippen molar-refractivity contribution in [2.24, 2.45) is 0 Å². The molecule has 0 aliphatic rings. The normalized spacial score (nSPS) is 12.0. The van der Waals surface area contributed by atoms with Gasteiger partial charge in [-0.25, -0.2) is 0 Å². The first kappa shape index (κ1) is 20.5. The molecule has 7 heteroatoms. The third-order valence-electron chi connectivity index (χ3n) is 4.97. The Labute approximate surface area is 170 Å². The van der Waals surface area contributed by atoms with Gasteiger partial charge >= 0.3 is 5.97 Å². The maximum Gasteiger partial charge on any atom is 0.321 e. The highest BCUT2D eigenvalue weighted by Crippen LogP contribution is 2.25. The van der Waals surface area contributed by atoms with E-state index in [4.69, 9.17) is 9.63 Å². The Morgan fingerprint density at radius 1 is 1.07 bits per heavy atom. The minimum atomic E-state index is -0.869. The Morgan fingerprint density at radius 3 is 2.24 bits per heavy atom. The van der Waals surface area contributed by atoms with E-state index < -0.39 is 12.0 Å².